The van der Waals surface area contributed by atoms with Gasteiger partial charge < -0.3 is 9.26 Å². The van der Waals surface area contributed by atoms with Gasteiger partial charge in [0.15, 0.2) is 0 Å². The summed E-state index contributed by atoms with van der Waals surface area (Å²) in [6.07, 6.45) is 0. The Morgan fingerprint density at radius 3 is 2.78 bits per heavy atom. The molecule has 2 N–H and O–H groups in total. The molecule has 0 fully saturated rings. The van der Waals surface area contributed by atoms with Crippen molar-refractivity contribution in [3.8, 4) is 5.75 Å². The lowest BCUT2D eigenvalue weighted by Crippen LogP contribution is -2.13. The Morgan fingerprint density at radius 1 is 1.39 bits per heavy atom. The highest BCUT2D eigenvalue weighted by atomic mass is 16.5. The van der Waals surface area contributed by atoms with Gasteiger partial charge in [0.1, 0.15) is 17.9 Å². The van der Waals surface area contributed by atoms with Crippen LogP contribution in [-0.2, 0) is 11.4 Å². The van der Waals surface area contributed by atoms with Crippen molar-refractivity contribution >= 4 is 11.8 Å². The Balaban J connectivity index is 2.11. The van der Waals surface area contributed by atoms with Crippen LogP contribution < -0.4 is 15.6 Å². The molecule has 0 bridgehead atoms. The highest BCUT2D eigenvalue weighted by molar-refractivity contribution is 5.87. The second kappa shape index (κ2) is 5.22. The van der Waals surface area contributed by atoms with Crippen LogP contribution in [0.2, 0.25) is 0 Å². The molecular formula is C12H12N2O4. The zero-order valence-electron chi connectivity index (χ0n) is 9.73. The van der Waals surface area contributed by atoms with E-state index in [2.05, 4.69) is 10.5 Å². The fraction of sp³-hybridized carbons (Fsp3) is 0.167. The van der Waals surface area contributed by atoms with Gasteiger partial charge in [-0.1, -0.05) is 18.2 Å². The number of hydrogen-bond donors (Lipinski definition) is 2. The van der Waals surface area contributed by atoms with Gasteiger partial charge in [-0.15, -0.1) is 0 Å². The lowest BCUT2D eigenvalue weighted by atomic mass is 10.3. The zero-order chi connectivity index (χ0) is 13.0. The van der Waals surface area contributed by atoms with Gasteiger partial charge in [0, 0.05) is 6.92 Å². The van der Waals surface area contributed by atoms with E-state index in [0.29, 0.717) is 5.75 Å². The molecule has 6 nitrogen and oxygen atoms in total. The highest BCUT2D eigenvalue weighted by Crippen LogP contribution is 2.15. The van der Waals surface area contributed by atoms with Gasteiger partial charge in [-0.3, -0.25) is 14.9 Å². The van der Waals surface area contributed by atoms with E-state index in [1.54, 1.807) is 12.1 Å². The third-order valence-corrected chi connectivity index (χ3v) is 2.21. The first-order chi connectivity index (χ1) is 8.66. The number of aromatic amines is 1. The molecule has 1 aromatic heterocycles. The Hall–Kier alpha value is -2.50. The van der Waals surface area contributed by atoms with E-state index in [9.17, 15) is 9.59 Å². The molecule has 94 valence electrons. The molecule has 0 spiro atoms. The van der Waals surface area contributed by atoms with Crippen molar-refractivity contribution in [1.82, 2.24) is 5.16 Å². The number of anilines is 1. The van der Waals surface area contributed by atoms with E-state index in [1.807, 2.05) is 18.2 Å². The lowest BCUT2D eigenvalue weighted by molar-refractivity contribution is -0.114. The van der Waals surface area contributed by atoms with Gasteiger partial charge in [0.05, 0.1) is 0 Å². The van der Waals surface area contributed by atoms with Crippen LogP contribution in [0.15, 0.2) is 39.6 Å². The number of carbonyl (C=O) groups is 1. The van der Waals surface area contributed by atoms with Crippen molar-refractivity contribution in [2.45, 2.75) is 13.5 Å². The van der Waals surface area contributed by atoms with Gasteiger partial charge in [-0.25, -0.2) is 0 Å². The van der Waals surface area contributed by atoms with E-state index in [0.717, 1.165) is 0 Å². The van der Waals surface area contributed by atoms with E-state index in [-0.39, 0.29) is 24.0 Å². The Kier molecular flexibility index (Phi) is 3.47. The van der Waals surface area contributed by atoms with Gasteiger partial charge in [0.2, 0.25) is 11.8 Å². The summed E-state index contributed by atoms with van der Waals surface area (Å²) < 4.78 is 10.3. The summed E-state index contributed by atoms with van der Waals surface area (Å²) >= 11 is 0. The normalized spacial score (nSPS) is 10.1. The molecule has 0 unspecified atom stereocenters. The first-order valence-electron chi connectivity index (χ1n) is 5.32. The van der Waals surface area contributed by atoms with Crippen LogP contribution >= 0.6 is 0 Å². The maximum atomic E-state index is 11.5. The number of nitrogens with one attached hydrogen (secondary N) is 2. The second-order valence-corrected chi connectivity index (χ2v) is 3.62. The minimum absolute atomic E-state index is 0.0193. The molecule has 0 radical (unpaired) electrons. The van der Waals surface area contributed by atoms with Crippen LogP contribution in [-0.4, -0.2) is 11.1 Å². The molecule has 0 saturated carbocycles. The van der Waals surface area contributed by atoms with Crippen LogP contribution in [0.5, 0.6) is 5.75 Å². The molecule has 0 saturated heterocycles. The average molecular weight is 248 g/mol. The zero-order valence-corrected chi connectivity index (χ0v) is 9.73. The maximum Gasteiger partial charge on any atom is 0.288 e. The summed E-state index contributed by atoms with van der Waals surface area (Å²) in [7, 11) is 0. The lowest BCUT2D eigenvalue weighted by Gasteiger charge is -2.04. The summed E-state index contributed by atoms with van der Waals surface area (Å²) in [6, 6.07) is 9.05. The summed E-state index contributed by atoms with van der Waals surface area (Å²) in [4.78, 5) is 22.4. The third-order valence-electron chi connectivity index (χ3n) is 2.21. The van der Waals surface area contributed by atoms with Gasteiger partial charge in [-0.05, 0) is 12.1 Å². The summed E-state index contributed by atoms with van der Waals surface area (Å²) in [6.45, 7) is 1.35. The molecule has 2 rings (SSSR count). The molecule has 0 aliphatic rings. The summed E-state index contributed by atoms with van der Waals surface area (Å²) in [5.74, 6) is 0.397. The number of carbonyl (C=O) groups excluding carboxylic acids is 1. The Morgan fingerprint density at radius 2 is 2.11 bits per heavy atom. The van der Waals surface area contributed by atoms with Gasteiger partial charge >= 0.3 is 0 Å². The van der Waals surface area contributed by atoms with Crippen LogP contribution in [0, 0.1) is 0 Å². The monoisotopic (exact) mass is 248 g/mol. The topological polar surface area (TPSA) is 84.3 Å². The predicted octanol–water partition coefficient (Wildman–Crippen LogP) is 1.51. The van der Waals surface area contributed by atoms with Crippen LogP contribution in [0.25, 0.3) is 0 Å². The van der Waals surface area contributed by atoms with E-state index >= 15 is 0 Å². The molecule has 0 aliphatic heterocycles. The molecule has 1 amide bonds. The van der Waals surface area contributed by atoms with Crippen molar-refractivity contribution in [3.05, 3.63) is 46.2 Å². The molecular weight excluding hydrogens is 236 g/mol. The largest absolute Gasteiger partial charge is 0.488 e. The van der Waals surface area contributed by atoms with E-state index in [4.69, 9.17) is 9.26 Å². The minimum atomic E-state index is -0.422. The van der Waals surface area contributed by atoms with E-state index in [1.165, 1.54) is 6.92 Å². The smallest absolute Gasteiger partial charge is 0.288 e. The first-order valence-corrected chi connectivity index (χ1v) is 5.32. The van der Waals surface area contributed by atoms with Crippen molar-refractivity contribution in [1.29, 1.82) is 0 Å². The molecule has 1 aromatic carbocycles. The summed E-state index contributed by atoms with van der Waals surface area (Å²) in [5.41, 5.74) is -0.177. The van der Waals surface area contributed by atoms with Crippen molar-refractivity contribution in [3.63, 3.8) is 0 Å². The van der Waals surface area contributed by atoms with Crippen LogP contribution in [0.4, 0.5) is 5.88 Å². The Bertz CT molecular complexity index is 586. The SMILES string of the molecule is CC(=O)Nc1o[nH]c(=O)c1COc1ccccc1. The van der Waals surface area contributed by atoms with Gasteiger partial charge in [0.25, 0.3) is 5.56 Å². The summed E-state index contributed by atoms with van der Waals surface area (Å²) in [5, 5.41) is 4.57. The number of para-hydroxylation sites is 1. The number of hydrogen-bond acceptors (Lipinski definition) is 4. The standard InChI is InChI=1S/C12H12N2O4/c1-8(15)13-12-10(11(16)14-18-12)7-17-9-5-3-2-4-6-9/h2-6H,7H2,1H3,(H,13,15)(H,14,16). The molecule has 1 heterocycles. The first kappa shape index (κ1) is 12.0. The number of rotatable bonds is 4. The van der Waals surface area contributed by atoms with Crippen molar-refractivity contribution < 1.29 is 14.1 Å². The number of amides is 1. The molecule has 0 atom stereocenters. The Labute approximate surface area is 103 Å². The number of H-pyrrole nitrogens is 1. The predicted molar refractivity (Wildman–Crippen MR) is 64.4 cm³/mol. The average Bonchev–Trinajstić information content (AvgIpc) is 2.68. The second-order valence-electron chi connectivity index (χ2n) is 3.62. The van der Waals surface area contributed by atoms with Crippen LogP contribution in [0.3, 0.4) is 0 Å². The fourth-order valence-corrected chi connectivity index (χ4v) is 1.39. The molecule has 18 heavy (non-hydrogen) atoms. The molecule has 0 aliphatic carbocycles. The third kappa shape index (κ3) is 2.79. The quantitative estimate of drug-likeness (QED) is 0.858. The fourth-order valence-electron chi connectivity index (χ4n) is 1.39. The van der Waals surface area contributed by atoms with Gasteiger partial charge in [-0.2, -0.15) is 5.16 Å². The number of ether oxygens (including phenoxy) is 1. The number of aromatic nitrogens is 1. The van der Waals surface area contributed by atoms with Crippen LogP contribution in [0.1, 0.15) is 12.5 Å². The maximum absolute atomic E-state index is 11.5. The minimum Gasteiger partial charge on any atom is -0.488 e. The van der Waals surface area contributed by atoms with Crippen molar-refractivity contribution in [2.75, 3.05) is 5.32 Å². The molecule has 2 aromatic rings. The van der Waals surface area contributed by atoms with Crippen molar-refractivity contribution in [2.24, 2.45) is 0 Å². The molecule has 6 heteroatoms. The number of benzene rings is 1. The highest BCUT2D eigenvalue weighted by Gasteiger charge is 2.14. The van der Waals surface area contributed by atoms with E-state index < -0.39 is 5.56 Å².